The van der Waals surface area contributed by atoms with Crippen LogP contribution in [0.5, 0.6) is 11.5 Å². The van der Waals surface area contributed by atoms with Crippen LogP contribution in [0.3, 0.4) is 0 Å². The summed E-state index contributed by atoms with van der Waals surface area (Å²) in [4.78, 5) is 23.9. The molecule has 0 fully saturated rings. The summed E-state index contributed by atoms with van der Waals surface area (Å²) in [6.45, 7) is 2.68. The molecule has 0 saturated carbocycles. The number of para-hydroxylation sites is 1. The summed E-state index contributed by atoms with van der Waals surface area (Å²) in [6.07, 6.45) is 4.69. The van der Waals surface area contributed by atoms with Crippen molar-refractivity contribution in [1.82, 2.24) is 20.4 Å². The fourth-order valence-corrected chi connectivity index (χ4v) is 3.09. The number of benzene rings is 2. The number of aromatic nitrogens is 2. The van der Waals surface area contributed by atoms with Crippen molar-refractivity contribution in [2.45, 2.75) is 26.3 Å². The Labute approximate surface area is 187 Å². The third-order valence-electron chi connectivity index (χ3n) is 4.75. The number of carbonyl (C=O) groups is 2. The molecular formula is C24H28N4O4. The van der Waals surface area contributed by atoms with Crippen LogP contribution in [-0.4, -0.2) is 41.9 Å². The van der Waals surface area contributed by atoms with Crippen molar-refractivity contribution < 1.29 is 19.1 Å². The predicted molar refractivity (Wildman–Crippen MR) is 121 cm³/mol. The monoisotopic (exact) mass is 436 g/mol. The minimum Gasteiger partial charge on any atom is -0.493 e. The smallest absolute Gasteiger partial charge is 0.257 e. The second-order valence-electron chi connectivity index (χ2n) is 7.13. The Kier molecular flexibility index (Phi) is 8.25. The SMILES string of the molecule is CCNC(=O)COc1ccc(CNC(=O)CCc2cnn(-c3ccccc3)c2)cc1OC. The Morgan fingerprint density at radius 3 is 2.56 bits per heavy atom. The van der Waals surface area contributed by atoms with Crippen LogP contribution in [0.25, 0.3) is 5.69 Å². The summed E-state index contributed by atoms with van der Waals surface area (Å²) in [6, 6.07) is 15.2. The Balaban J connectivity index is 1.47. The van der Waals surface area contributed by atoms with Crippen molar-refractivity contribution in [3.63, 3.8) is 0 Å². The number of hydrogen-bond acceptors (Lipinski definition) is 5. The fourth-order valence-electron chi connectivity index (χ4n) is 3.09. The Morgan fingerprint density at radius 2 is 1.81 bits per heavy atom. The van der Waals surface area contributed by atoms with Gasteiger partial charge in [-0.2, -0.15) is 5.10 Å². The Hall–Kier alpha value is -3.81. The highest BCUT2D eigenvalue weighted by Crippen LogP contribution is 2.28. The van der Waals surface area contributed by atoms with Crippen LogP contribution in [0.15, 0.2) is 60.9 Å². The third-order valence-corrected chi connectivity index (χ3v) is 4.75. The van der Waals surface area contributed by atoms with E-state index in [1.54, 1.807) is 23.0 Å². The minimum atomic E-state index is -0.194. The van der Waals surface area contributed by atoms with Crippen molar-refractivity contribution in [1.29, 1.82) is 0 Å². The summed E-state index contributed by atoms with van der Waals surface area (Å²) in [5, 5.41) is 9.95. The van der Waals surface area contributed by atoms with E-state index in [2.05, 4.69) is 15.7 Å². The number of nitrogens with zero attached hydrogens (tertiary/aromatic N) is 2. The fraction of sp³-hybridized carbons (Fsp3) is 0.292. The van der Waals surface area contributed by atoms with Gasteiger partial charge in [-0.15, -0.1) is 0 Å². The lowest BCUT2D eigenvalue weighted by molar-refractivity contribution is -0.123. The normalized spacial score (nSPS) is 10.4. The van der Waals surface area contributed by atoms with E-state index in [9.17, 15) is 9.59 Å². The zero-order valence-electron chi connectivity index (χ0n) is 18.3. The Bertz CT molecular complexity index is 1030. The standard InChI is InChI=1S/C24H28N4O4/c1-3-25-24(30)17-32-21-11-9-18(13-22(21)31-2)14-26-23(29)12-10-19-15-27-28(16-19)20-7-5-4-6-8-20/h4-9,11,13,15-16H,3,10,12,14,17H2,1-2H3,(H,25,30)(H,26,29). The van der Waals surface area contributed by atoms with Gasteiger partial charge in [0.25, 0.3) is 5.91 Å². The first-order chi connectivity index (χ1) is 15.6. The number of rotatable bonds is 11. The molecule has 168 valence electrons. The van der Waals surface area contributed by atoms with Gasteiger partial charge in [0.1, 0.15) is 0 Å². The van der Waals surface area contributed by atoms with Crippen molar-refractivity contribution in [2.75, 3.05) is 20.3 Å². The molecule has 3 rings (SSSR count). The quantitative estimate of drug-likeness (QED) is 0.482. The number of likely N-dealkylation sites (N-methyl/N-ethyl adjacent to an activating group) is 1. The molecule has 8 heteroatoms. The first-order valence-electron chi connectivity index (χ1n) is 10.5. The van der Waals surface area contributed by atoms with Crippen molar-refractivity contribution >= 4 is 11.8 Å². The average molecular weight is 437 g/mol. The number of amides is 2. The minimum absolute atomic E-state index is 0.0482. The van der Waals surface area contributed by atoms with Crippen molar-refractivity contribution in [3.05, 3.63) is 72.1 Å². The molecule has 0 atom stereocenters. The largest absolute Gasteiger partial charge is 0.493 e. The van der Waals surface area contributed by atoms with E-state index in [0.717, 1.165) is 16.8 Å². The number of ether oxygens (including phenoxy) is 2. The first-order valence-corrected chi connectivity index (χ1v) is 10.5. The third kappa shape index (κ3) is 6.60. The summed E-state index contributed by atoms with van der Waals surface area (Å²) >= 11 is 0. The first kappa shape index (κ1) is 22.9. The molecule has 8 nitrogen and oxygen atoms in total. The van der Waals surface area contributed by atoms with E-state index in [1.165, 1.54) is 7.11 Å². The highest BCUT2D eigenvalue weighted by molar-refractivity contribution is 5.77. The maximum Gasteiger partial charge on any atom is 0.257 e. The van der Waals surface area contributed by atoms with Crippen LogP contribution in [0, 0.1) is 0 Å². The molecule has 2 aromatic carbocycles. The average Bonchev–Trinajstić information content (AvgIpc) is 3.30. The summed E-state index contributed by atoms with van der Waals surface area (Å²) in [7, 11) is 1.53. The highest BCUT2D eigenvalue weighted by atomic mass is 16.5. The van der Waals surface area contributed by atoms with Gasteiger partial charge in [-0.25, -0.2) is 4.68 Å². The van der Waals surface area contributed by atoms with Gasteiger partial charge in [-0.3, -0.25) is 9.59 Å². The van der Waals surface area contributed by atoms with Gasteiger partial charge in [0, 0.05) is 25.7 Å². The van der Waals surface area contributed by atoms with E-state index in [4.69, 9.17) is 9.47 Å². The van der Waals surface area contributed by atoms with E-state index in [1.807, 2.05) is 49.5 Å². The maximum atomic E-state index is 12.3. The van der Waals surface area contributed by atoms with E-state index < -0.39 is 0 Å². The Morgan fingerprint density at radius 1 is 1.00 bits per heavy atom. The van der Waals surface area contributed by atoms with Crippen LogP contribution in [0.4, 0.5) is 0 Å². The van der Waals surface area contributed by atoms with Crippen molar-refractivity contribution in [2.24, 2.45) is 0 Å². The molecule has 1 aromatic heterocycles. The molecule has 0 aliphatic carbocycles. The molecule has 3 aromatic rings. The van der Waals surface area contributed by atoms with Gasteiger partial charge in [-0.1, -0.05) is 24.3 Å². The summed E-state index contributed by atoms with van der Waals surface area (Å²) < 4.78 is 12.7. The molecule has 2 amide bonds. The van der Waals surface area contributed by atoms with Crippen LogP contribution < -0.4 is 20.1 Å². The van der Waals surface area contributed by atoms with Crippen LogP contribution in [-0.2, 0) is 22.6 Å². The van der Waals surface area contributed by atoms with Gasteiger partial charge in [-0.05, 0) is 48.7 Å². The van der Waals surface area contributed by atoms with Crippen LogP contribution in [0.2, 0.25) is 0 Å². The van der Waals surface area contributed by atoms with E-state index in [-0.39, 0.29) is 18.4 Å². The van der Waals surface area contributed by atoms with Crippen LogP contribution >= 0.6 is 0 Å². The molecular weight excluding hydrogens is 408 g/mol. The van der Waals surface area contributed by atoms with Gasteiger partial charge in [0.05, 0.1) is 19.0 Å². The molecule has 1 heterocycles. The zero-order chi connectivity index (χ0) is 22.8. The molecule has 0 bridgehead atoms. The topological polar surface area (TPSA) is 94.5 Å². The van der Waals surface area contributed by atoms with Gasteiger partial charge >= 0.3 is 0 Å². The van der Waals surface area contributed by atoms with Gasteiger partial charge in [0.15, 0.2) is 18.1 Å². The molecule has 2 N–H and O–H groups in total. The lowest BCUT2D eigenvalue weighted by Crippen LogP contribution is -2.28. The number of methoxy groups -OCH3 is 1. The van der Waals surface area contributed by atoms with Crippen LogP contribution in [0.1, 0.15) is 24.5 Å². The predicted octanol–water partition coefficient (Wildman–Crippen LogP) is 2.64. The number of hydrogen-bond donors (Lipinski definition) is 2. The number of aryl methyl sites for hydroxylation is 1. The highest BCUT2D eigenvalue weighted by Gasteiger charge is 2.10. The molecule has 32 heavy (non-hydrogen) atoms. The number of nitrogens with one attached hydrogen (secondary N) is 2. The van der Waals surface area contributed by atoms with Gasteiger partial charge < -0.3 is 20.1 Å². The molecule has 0 unspecified atom stereocenters. The number of carbonyl (C=O) groups excluding carboxylic acids is 2. The molecule has 0 saturated heterocycles. The van der Waals surface area contributed by atoms with Gasteiger partial charge in [0.2, 0.25) is 5.91 Å². The molecule has 0 spiro atoms. The lowest BCUT2D eigenvalue weighted by Gasteiger charge is -2.12. The van der Waals surface area contributed by atoms with Crippen molar-refractivity contribution in [3.8, 4) is 17.2 Å². The van der Waals surface area contributed by atoms with E-state index >= 15 is 0 Å². The maximum absolute atomic E-state index is 12.3. The molecule has 0 aliphatic rings. The van der Waals surface area contributed by atoms with E-state index in [0.29, 0.717) is 37.4 Å². The zero-order valence-corrected chi connectivity index (χ0v) is 18.3. The summed E-state index contributed by atoms with van der Waals surface area (Å²) in [5.41, 5.74) is 2.85. The molecule has 0 radical (unpaired) electrons. The summed E-state index contributed by atoms with van der Waals surface area (Å²) in [5.74, 6) is 0.742. The second-order valence-corrected chi connectivity index (χ2v) is 7.13. The second kappa shape index (κ2) is 11.5. The lowest BCUT2D eigenvalue weighted by atomic mass is 10.1. The molecule has 0 aliphatic heterocycles.